The molecule has 0 atom stereocenters. The van der Waals surface area contributed by atoms with E-state index >= 15 is 0 Å². The maximum absolute atomic E-state index is 13.1. The van der Waals surface area contributed by atoms with Crippen molar-refractivity contribution in [3.05, 3.63) is 46.9 Å². The predicted molar refractivity (Wildman–Crippen MR) is 113 cm³/mol. The van der Waals surface area contributed by atoms with Gasteiger partial charge in [-0.1, -0.05) is 6.92 Å². The predicted octanol–water partition coefficient (Wildman–Crippen LogP) is 3.41. The maximum Gasteiger partial charge on any atom is 0.262 e. The number of carbonyl (C=O) groups excluding carboxylic acids is 1. The molecule has 1 amide bonds. The number of aromatic nitrogens is 4. The summed E-state index contributed by atoms with van der Waals surface area (Å²) in [6, 6.07) is 5.73. The Bertz CT molecular complexity index is 1100. The van der Waals surface area contributed by atoms with E-state index in [9.17, 15) is 4.79 Å². The Hall–Kier alpha value is -3.42. The highest BCUT2D eigenvalue weighted by atomic mass is 16.5. The average Bonchev–Trinajstić information content (AvgIpc) is 3.33. The Morgan fingerprint density at radius 3 is 2.57 bits per heavy atom. The molecule has 0 aromatic carbocycles. The summed E-state index contributed by atoms with van der Waals surface area (Å²) in [7, 11) is 3.12. The number of nitrogens with zero attached hydrogens (tertiary/aromatic N) is 5. The Balaban J connectivity index is 1.72. The lowest BCUT2D eigenvalue weighted by atomic mass is 10.1. The van der Waals surface area contributed by atoms with Gasteiger partial charge in [0.2, 0.25) is 0 Å². The Morgan fingerprint density at radius 1 is 1.13 bits per heavy atom. The van der Waals surface area contributed by atoms with Crippen molar-refractivity contribution in [3.8, 4) is 22.9 Å². The highest BCUT2D eigenvalue weighted by molar-refractivity contribution is 6.10. The maximum atomic E-state index is 13.1. The molecule has 0 radical (unpaired) electrons. The van der Waals surface area contributed by atoms with Gasteiger partial charge in [0.25, 0.3) is 11.8 Å². The number of fused-ring (bicyclic) bond motifs is 1. The van der Waals surface area contributed by atoms with E-state index in [-0.39, 0.29) is 5.91 Å². The van der Waals surface area contributed by atoms with Crippen molar-refractivity contribution in [1.29, 1.82) is 0 Å². The summed E-state index contributed by atoms with van der Waals surface area (Å²) in [5.41, 5.74) is 4.92. The zero-order chi connectivity index (χ0) is 21.4. The lowest BCUT2D eigenvalue weighted by molar-refractivity contribution is 0.0995. The summed E-state index contributed by atoms with van der Waals surface area (Å²) < 4.78 is 12.5. The van der Waals surface area contributed by atoms with Crippen LogP contribution in [0.4, 0.5) is 5.82 Å². The molecule has 0 aliphatic carbocycles. The molecule has 8 heteroatoms. The van der Waals surface area contributed by atoms with Gasteiger partial charge in [-0.3, -0.25) is 19.4 Å². The molecule has 0 bridgehead atoms. The van der Waals surface area contributed by atoms with E-state index < -0.39 is 0 Å². The van der Waals surface area contributed by atoms with Crippen molar-refractivity contribution in [2.75, 3.05) is 19.1 Å². The van der Waals surface area contributed by atoms with Gasteiger partial charge < -0.3 is 9.47 Å². The number of hydrogen-bond donors (Lipinski definition) is 0. The zero-order valence-electron chi connectivity index (χ0n) is 17.9. The van der Waals surface area contributed by atoms with Gasteiger partial charge in [0.15, 0.2) is 11.6 Å². The van der Waals surface area contributed by atoms with Crippen LogP contribution in [0.15, 0.2) is 24.4 Å². The van der Waals surface area contributed by atoms with Gasteiger partial charge in [0, 0.05) is 30.1 Å². The number of pyridine rings is 2. The van der Waals surface area contributed by atoms with Crippen molar-refractivity contribution >= 4 is 11.7 Å². The molecule has 156 valence electrons. The fourth-order valence-corrected chi connectivity index (χ4v) is 3.84. The van der Waals surface area contributed by atoms with E-state index in [0.29, 0.717) is 29.6 Å². The van der Waals surface area contributed by atoms with Gasteiger partial charge in [-0.25, -0.2) is 4.98 Å². The van der Waals surface area contributed by atoms with Crippen LogP contribution in [0.3, 0.4) is 0 Å². The minimum Gasteiger partial charge on any atom is -0.491 e. The van der Waals surface area contributed by atoms with Crippen molar-refractivity contribution in [1.82, 2.24) is 19.7 Å². The van der Waals surface area contributed by atoms with Gasteiger partial charge in [0.05, 0.1) is 37.7 Å². The fraction of sp³-hybridized carbons (Fsp3) is 0.364. The van der Waals surface area contributed by atoms with Crippen molar-refractivity contribution in [2.24, 2.45) is 0 Å². The molecular weight excluding hydrogens is 382 g/mol. The van der Waals surface area contributed by atoms with Gasteiger partial charge in [-0.05, 0) is 38.0 Å². The highest BCUT2D eigenvalue weighted by Gasteiger charge is 2.33. The first kappa shape index (κ1) is 19.9. The van der Waals surface area contributed by atoms with E-state index in [1.165, 1.54) is 0 Å². The third-order valence-corrected chi connectivity index (χ3v) is 5.37. The van der Waals surface area contributed by atoms with Crippen LogP contribution in [0.2, 0.25) is 0 Å². The summed E-state index contributed by atoms with van der Waals surface area (Å²) >= 11 is 0. The first-order valence-corrected chi connectivity index (χ1v) is 9.98. The Morgan fingerprint density at radius 2 is 1.93 bits per heavy atom. The molecule has 0 fully saturated rings. The fourth-order valence-electron chi connectivity index (χ4n) is 3.84. The van der Waals surface area contributed by atoms with Crippen LogP contribution in [-0.2, 0) is 19.5 Å². The van der Waals surface area contributed by atoms with E-state index in [0.717, 1.165) is 41.2 Å². The molecule has 0 saturated carbocycles. The SMILES string of the molecule is CCc1cc(N2Cc3nc(-c4cnc(OC)c(OC)c4)cc(C)c3C2=O)nn1CC. The number of hydrogen-bond acceptors (Lipinski definition) is 6. The monoisotopic (exact) mass is 407 g/mol. The minimum absolute atomic E-state index is 0.0598. The second kappa shape index (κ2) is 7.78. The van der Waals surface area contributed by atoms with Crippen molar-refractivity contribution < 1.29 is 14.3 Å². The molecular formula is C22H25N5O3. The standard InChI is InChI=1S/C22H25N5O3/c1-6-15-10-19(25-27(15)7-2)26-12-17-20(22(26)28)13(3)8-16(24-17)14-9-18(29-4)21(30-5)23-11-14/h8-11H,6-7,12H2,1-5H3. The van der Waals surface area contributed by atoms with Gasteiger partial charge in [0.1, 0.15) is 0 Å². The molecule has 0 unspecified atom stereocenters. The normalized spacial score (nSPS) is 13.0. The van der Waals surface area contributed by atoms with Gasteiger partial charge in [-0.2, -0.15) is 5.10 Å². The zero-order valence-corrected chi connectivity index (χ0v) is 17.9. The largest absolute Gasteiger partial charge is 0.491 e. The number of amides is 1. The van der Waals surface area contributed by atoms with Crippen molar-refractivity contribution in [2.45, 2.75) is 40.3 Å². The quantitative estimate of drug-likeness (QED) is 0.623. The molecule has 1 aliphatic rings. The van der Waals surface area contributed by atoms with Crippen LogP contribution in [0.25, 0.3) is 11.3 Å². The lowest BCUT2D eigenvalue weighted by Crippen LogP contribution is -2.24. The van der Waals surface area contributed by atoms with Crippen LogP contribution < -0.4 is 14.4 Å². The number of carbonyl (C=O) groups is 1. The molecule has 3 aromatic rings. The van der Waals surface area contributed by atoms with Crippen molar-refractivity contribution in [3.63, 3.8) is 0 Å². The molecule has 1 aliphatic heterocycles. The molecule has 0 spiro atoms. The van der Waals surface area contributed by atoms with E-state index in [1.54, 1.807) is 25.3 Å². The number of methoxy groups -OCH3 is 2. The molecule has 3 aromatic heterocycles. The molecule has 4 rings (SSSR count). The lowest BCUT2D eigenvalue weighted by Gasteiger charge is -2.11. The third kappa shape index (κ3) is 3.18. The number of rotatable bonds is 6. The van der Waals surface area contributed by atoms with E-state index in [4.69, 9.17) is 14.5 Å². The first-order valence-electron chi connectivity index (χ1n) is 9.98. The van der Waals surface area contributed by atoms with Gasteiger partial charge in [-0.15, -0.1) is 0 Å². The van der Waals surface area contributed by atoms with Crippen LogP contribution in [-0.4, -0.2) is 39.9 Å². The average molecular weight is 407 g/mol. The minimum atomic E-state index is -0.0598. The number of aryl methyl sites for hydroxylation is 3. The smallest absolute Gasteiger partial charge is 0.262 e. The second-order valence-electron chi connectivity index (χ2n) is 7.14. The summed E-state index contributed by atoms with van der Waals surface area (Å²) in [4.78, 5) is 23.9. The molecule has 0 saturated heterocycles. The second-order valence-corrected chi connectivity index (χ2v) is 7.14. The van der Waals surface area contributed by atoms with Crippen LogP contribution >= 0.6 is 0 Å². The van der Waals surface area contributed by atoms with Crippen LogP contribution in [0, 0.1) is 6.92 Å². The first-order chi connectivity index (χ1) is 14.5. The van der Waals surface area contributed by atoms with Gasteiger partial charge >= 0.3 is 0 Å². The summed E-state index contributed by atoms with van der Waals surface area (Å²) in [5.74, 6) is 1.56. The summed E-state index contributed by atoms with van der Waals surface area (Å²) in [5, 5.41) is 4.62. The summed E-state index contributed by atoms with van der Waals surface area (Å²) in [6.07, 6.45) is 2.56. The van der Waals surface area contributed by atoms with E-state index in [1.807, 2.05) is 36.7 Å². The van der Waals surface area contributed by atoms with Crippen LogP contribution in [0.5, 0.6) is 11.6 Å². The molecule has 4 heterocycles. The Labute approximate surface area is 175 Å². The molecule has 0 N–H and O–H groups in total. The third-order valence-electron chi connectivity index (χ3n) is 5.37. The Kier molecular flexibility index (Phi) is 5.15. The van der Waals surface area contributed by atoms with E-state index in [2.05, 4.69) is 17.0 Å². The highest BCUT2D eigenvalue weighted by Crippen LogP contribution is 2.34. The number of ether oxygens (including phenoxy) is 2. The molecule has 8 nitrogen and oxygen atoms in total. The summed E-state index contributed by atoms with van der Waals surface area (Å²) in [6.45, 7) is 7.23. The topological polar surface area (TPSA) is 82.4 Å². The number of anilines is 1. The van der Waals surface area contributed by atoms with Crippen LogP contribution in [0.1, 0.15) is 41.2 Å². The molecule has 30 heavy (non-hydrogen) atoms.